The molecule has 4 N–H and O–H groups in total. The lowest BCUT2D eigenvalue weighted by atomic mass is 10.1. The third-order valence-electron chi connectivity index (χ3n) is 3.46. The van der Waals surface area contributed by atoms with Gasteiger partial charge in [-0.25, -0.2) is 4.79 Å². The maximum absolute atomic E-state index is 11.9. The summed E-state index contributed by atoms with van der Waals surface area (Å²) < 4.78 is 5.27. The number of amides is 1. The number of carbonyl (C=O) groups excluding carboxylic acids is 1. The van der Waals surface area contributed by atoms with Crippen molar-refractivity contribution in [3.63, 3.8) is 0 Å². The molecule has 1 atom stereocenters. The first-order chi connectivity index (χ1) is 12.0. The van der Waals surface area contributed by atoms with Crippen molar-refractivity contribution in [2.24, 2.45) is 0 Å². The first-order valence-corrected chi connectivity index (χ1v) is 7.60. The van der Waals surface area contributed by atoms with Gasteiger partial charge in [-0.05, 0) is 23.3 Å². The Morgan fingerprint density at radius 2 is 1.72 bits per heavy atom. The van der Waals surface area contributed by atoms with Gasteiger partial charge in [0.25, 0.3) is 0 Å². The molecule has 2 aromatic rings. The quantitative estimate of drug-likeness (QED) is 0.538. The van der Waals surface area contributed by atoms with Crippen molar-refractivity contribution in [3.8, 4) is 11.5 Å². The summed E-state index contributed by atoms with van der Waals surface area (Å²) in [6.07, 6.45) is -0.0341. The molecule has 0 saturated carbocycles. The van der Waals surface area contributed by atoms with Gasteiger partial charge in [0.2, 0.25) is 5.91 Å². The minimum atomic E-state index is -1.20. The lowest BCUT2D eigenvalue weighted by Crippen LogP contribution is -2.43. The highest BCUT2D eigenvalue weighted by atomic mass is 16.5. The summed E-state index contributed by atoms with van der Waals surface area (Å²) in [6.45, 7) is -0.0165. The highest BCUT2D eigenvalue weighted by Crippen LogP contribution is 2.25. The molecule has 0 aromatic heterocycles. The van der Waals surface area contributed by atoms with E-state index < -0.39 is 17.9 Å². The summed E-state index contributed by atoms with van der Waals surface area (Å²) in [7, 11) is 0. The van der Waals surface area contributed by atoms with Crippen LogP contribution in [0.15, 0.2) is 48.5 Å². The van der Waals surface area contributed by atoms with Crippen LogP contribution in [0.3, 0.4) is 0 Å². The number of phenolic OH excluding ortho intramolecular Hbond substituents is 2. The van der Waals surface area contributed by atoms with Gasteiger partial charge in [-0.2, -0.15) is 0 Å². The van der Waals surface area contributed by atoms with Crippen molar-refractivity contribution in [2.75, 3.05) is 6.61 Å². The molecular formula is C18H19NO6. The van der Waals surface area contributed by atoms with Crippen LogP contribution in [0.5, 0.6) is 11.5 Å². The van der Waals surface area contributed by atoms with Crippen LogP contribution >= 0.6 is 0 Å². The number of hydrogen-bond acceptors (Lipinski definition) is 5. The number of nitrogens with one attached hydrogen (secondary N) is 1. The zero-order valence-corrected chi connectivity index (χ0v) is 13.4. The predicted octanol–water partition coefficient (Wildman–Crippen LogP) is 1.43. The van der Waals surface area contributed by atoms with Crippen molar-refractivity contribution in [1.82, 2.24) is 5.32 Å². The lowest BCUT2D eigenvalue weighted by molar-refractivity contribution is -0.142. The number of aliphatic carboxylic acids is 1. The zero-order valence-electron chi connectivity index (χ0n) is 13.4. The SMILES string of the molecule is O=C(COCc1ccccc1)N[C@@H](Cc1ccc(O)c(O)c1)C(=O)O. The summed E-state index contributed by atoms with van der Waals surface area (Å²) in [5.74, 6) is -2.40. The van der Waals surface area contributed by atoms with Gasteiger partial charge in [0, 0.05) is 6.42 Å². The van der Waals surface area contributed by atoms with E-state index in [0.717, 1.165) is 5.56 Å². The van der Waals surface area contributed by atoms with Crippen LogP contribution in [0.2, 0.25) is 0 Å². The first kappa shape index (κ1) is 18.3. The fourth-order valence-electron chi connectivity index (χ4n) is 2.20. The van der Waals surface area contributed by atoms with Crippen LogP contribution in [-0.4, -0.2) is 39.8 Å². The van der Waals surface area contributed by atoms with Gasteiger partial charge in [-0.15, -0.1) is 0 Å². The van der Waals surface area contributed by atoms with Crippen molar-refractivity contribution < 1.29 is 29.6 Å². The summed E-state index contributed by atoms with van der Waals surface area (Å²) in [4.78, 5) is 23.2. The van der Waals surface area contributed by atoms with E-state index in [9.17, 15) is 24.9 Å². The normalized spacial score (nSPS) is 11.7. The van der Waals surface area contributed by atoms with E-state index in [0.29, 0.717) is 5.56 Å². The predicted molar refractivity (Wildman–Crippen MR) is 89.1 cm³/mol. The maximum Gasteiger partial charge on any atom is 0.326 e. The van der Waals surface area contributed by atoms with Gasteiger partial charge in [0.15, 0.2) is 11.5 Å². The van der Waals surface area contributed by atoms with Crippen LogP contribution in [0.1, 0.15) is 11.1 Å². The molecule has 0 aliphatic rings. The average Bonchev–Trinajstić information content (AvgIpc) is 2.58. The van der Waals surface area contributed by atoms with E-state index >= 15 is 0 Å². The average molecular weight is 345 g/mol. The third kappa shape index (κ3) is 5.82. The molecule has 2 aromatic carbocycles. The number of rotatable bonds is 8. The Balaban J connectivity index is 1.86. The highest BCUT2D eigenvalue weighted by Gasteiger charge is 2.21. The maximum atomic E-state index is 11.9. The van der Waals surface area contributed by atoms with E-state index in [4.69, 9.17) is 4.74 Å². The number of hydrogen-bond donors (Lipinski definition) is 4. The summed E-state index contributed by atoms with van der Waals surface area (Å²) in [5, 5.41) is 30.3. The van der Waals surface area contributed by atoms with Crippen LogP contribution in [0.4, 0.5) is 0 Å². The molecule has 7 nitrogen and oxygen atoms in total. The van der Waals surface area contributed by atoms with E-state index in [-0.39, 0.29) is 31.1 Å². The topological polar surface area (TPSA) is 116 Å². The van der Waals surface area contributed by atoms with Gasteiger partial charge in [0.1, 0.15) is 12.6 Å². The fraction of sp³-hybridized carbons (Fsp3) is 0.222. The Morgan fingerprint density at radius 1 is 1.00 bits per heavy atom. The molecule has 1 amide bonds. The van der Waals surface area contributed by atoms with Crippen molar-refractivity contribution in [2.45, 2.75) is 19.1 Å². The van der Waals surface area contributed by atoms with Crippen molar-refractivity contribution in [1.29, 1.82) is 0 Å². The molecule has 0 fully saturated rings. The smallest absolute Gasteiger partial charge is 0.326 e. The third-order valence-corrected chi connectivity index (χ3v) is 3.46. The molecule has 7 heteroatoms. The molecule has 0 aliphatic heterocycles. The Morgan fingerprint density at radius 3 is 2.36 bits per heavy atom. The standard InChI is InChI=1S/C18H19NO6/c20-15-7-6-13(9-16(15)21)8-14(18(23)24)19-17(22)11-25-10-12-4-2-1-3-5-12/h1-7,9,14,20-21H,8,10-11H2,(H,19,22)(H,23,24)/t14-/m0/s1. The van der Waals surface area contributed by atoms with E-state index in [1.165, 1.54) is 18.2 Å². The second kappa shape index (κ2) is 8.70. The van der Waals surface area contributed by atoms with Crippen molar-refractivity contribution in [3.05, 3.63) is 59.7 Å². The molecule has 0 saturated heterocycles. The van der Waals surface area contributed by atoms with Crippen LogP contribution in [0.25, 0.3) is 0 Å². The molecule has 0 aliphatic carbocycles. The van der Waals surface area contributed by atoms with E-state index in [2.05, 4.69) is 5.32 Å². The van der Waals surface area contributed by atoms with Gasteiger partial charge >= 0.3 is 5.97 Å². The summed E-state index contributed by atoms with van der Waals surface area (Å²) >= 11 is 0. The molecule has 0 heterocycles. The van der Waals surface area contributed by atoms with Crippen LogP contribution in [0, 0.1) is 0 Å². The Hall–Kier alpha value is -3.06. The largest absolute Gasteiger partial charge is 0.504 e. The second-order valence-electron chi connectivity index (χ2n) is 5.46. The number of phenols is 2. The molecule has 0 bridgehead atoms. The lowest BCUT2D eigenvalue weighted by Gasteiger charge is -2.15. The Kier molecular flexibility index (Phi) is 6.36. The van der Waals surface area contributed by atoms with E-state index in [1.807, 2.05) is 30.3 Å². The van der Waals surface area contributed by atoms with Crippen LogP contribution < -0.4 is 5.32 Å². The molecular weight excluding hydrogens is 326 g/mol. The van der Waals surface area contributed by atoms with Crippen molar-refractivity contribution >= 4 is 11.9 Å². The molecule has 2 rings (SSSR count). The Bertz CT molecular complexity index is 732. The number of aromatic hydroxyl groups is 2. The van der Waals surface area contributed by atoms with Gasteiger partial charge < -0.3 is 25.4 Å². The number of carboxylic acids is 1. The fourth-order valence-corrected chi connectivity index (χ4v) is 2.20. The summed E-state index contributed by atoms with van der Waals surface area (Å²) in [6, 6.07) is 12.1. The molecule has 0 radical (unpaired) electrons. The van der Waals surface area contributed by atoms with Gasteiger partial charge in [0.05, 0.1) is 6.61 Å². The monoisotopic (exact) mass is 345 g/mol. The Labute approximate surface area is 144 Å². The first-order valence-electron chi connectivity index (χ1n) is 7.60. The zero-order chi connectivity index (χ0) is 18.2. The minimum absolute atomic E-state index is 0.0341. The number of ether oxygens (including phenoxy) is 1. The highest BCUT2D eigenvalue weighted by molar-refractivity contribution is 5.84. The molecule has 0 unspecified atom stereocenters. The van der Waals surface area contributed by atoms with Crippen LogP contribution in [-0.2, 0) is 27.4 Å². The van der Waals surface area contributed by atoms with Gasteiger partial charge in [-0.3, -0.25) is 4.79 Å². The molecule has 25 heavy (non-hydrogen) atoms. The second-order valence-corrected chi connectivity index (χ2v) is 5.46. The number of carboxylic acid groups (broad SMARTS) is 1. The van der Waals surface area contributed by atoms with Gasteiger partial charge in [-0.1, -0.05) is 36.4 Å². The van der Waals surface area contributed by atoms with E-state index in [1.54, 1.807) is 0 Å². The number of carbonyl (C=O) groups is 2. The summed E-state index contributed by atoms with van der Waals surface area (Å²) in [5.41, 5.74) is 1.37. The molecule has 0 spiro atoms. The number of benzene rings is 2. The minimum Gasteiger partial charge on any atom is -0.504 e. The molecule has 132 valence electrons.